The first-order valence-corrected chi connectivity index (χ1v) is 4.89. The molecule has 0 aliphatic heterocycles. The molecule has 0 spiro atoms. The molecule has 1 rings (SSSR count). The number of nitrogens with zero attached hydrogens (tertiary/aromatic N) is 1. The van der Waals surface area contributed by atoms with Crippen molar-refractivity contribution in [1.82, 2.24) is 0 Å². The molecule has 0 aromatic carbocycles. The van der Waals surface area contributed by atoms with Crippen LogP contribution >= 0.6 is 0 Å². The lowest BCUT2D eigenvalue weighted by Crippen LogP contribution is -2.09. The highest BCUT2D eigenvalue weighted by atomic mass is 16.3. The zero-order chi connectivity index (χ0) is 11.6. The van der Waals surface area contributed by atoms with E-state index in [4.69, 9.17) is 10.2 Å². The number of nitrogens with two attached hydrogens (primary N) is 1. The van der Waals surface area contributed by atoms with Crippen molar-refractivity contribution < 1.29 is 4.42 Å². The van der Waals surface area contributed by atoms with Crippen LogP contribution in [0.5, 0.6) is 0 Å². The molecule has 1 heterocycles. The van der Waals surface area contributed by atoms with E-state index < -0.39 is 0 Å². The third-order valence-electron chi connectivity index (χ3n) is 2.16. The van der Waals surface area contributed by atoms with E-state index in [1.165, 1.54) is 0 Å². The summed E-state index contributed by atoms with van der Waals surface area (Å²) in [4.78, 5) is 3.63. The van der Waals surface area contributed by atoms with E-state index in [0.29, 0.717) is 5.82 Å². The smallest absolute Gasteiger partial charge is 0.133 e. The Morgan fingerprint density at radius 2 is 2.13 bits per heavy atom. The predicted molar refractivity (Wildman–Crippen MR) is 63.9 cm³/mol. The van der Waals surface area contributed by atoms with Gasteiger partial charge in [0.2, 0.25) is 0 Å². The molecule has 15 heavy (non-hydrogen) atoms. The van der Waals surface area contributed by atoms with Gasteiger partial charge in [0.05, 0.1) is 0 Å². The highest BCUT2D eigenvalue weighted by Gasteiger charge is 2.19. The van der Waals surface area contributed by atoms with Crippen LogP contribution in [0.25, 0.3) is 6.08 Å². The molecule has 0 aliphatic rings. The average Bonchev–Trinajstić information content (AvgIpc) is 2.47. The Hall–Kier alpha value is -1.51. The number of rotatable bonds is 2. The molecule has 1 aromatic heterocycles. The van der Waals surface area contributed by atoms with Gasteiger partial charge < -0.3 is 10.2 Å². The van der Waals surface area contributed by atoms with Gasteiger partial charge in [-0.25, -0.2) is 4.99 Å². The van der Waals surface area contributed by atoms with Crippen molar-refractivity contribution in [3.8, 4) is 0 Å². The van der Waals surface area contributed by atoms with E-state index in [0.717, 1.165) is 17.1 Å². The third kappa shape index (κ3) is 2.72. The first-order chi connectivity index (χ1) is 6.84. The lowest BCUT2D eigenvalue weighted by molar-refractivity contribution is 0.404. The second kappa shape index (κ2) is 3.93. The monoisotopic (exact) mass is 206 g/mol. The summed E-state index contributed by atoms with van der Waals surface area (Å²) in [5.74, 6) is 2.07. The highest BCUT2D eigenvalue weighted by molar-refractivity contribution is 5.52. The van der Waals surface area contributed by atoms with E-state index in [-0.39, 0.29) is 5.41 Å². The molecule has 0 saturated heterocycles. The van der Waals surface area contributed by atoms with Gasteiger partial charge in [0, 0.05) is 11.5 Å². The predicted octanol–water partition coefficient (Wildman–Crippen LogP) is 2.84. The van der Waals surface area contributed by atoms with Crippen LogP contribution in [0.15, 0.2) is 21.3 Å². The van der Waals surface area contributed by atoms with Gasteiger partial charge in [-0.1, -0.05) is 20.8 Å². The number of aryl methyl sites for hydroxylation is 1. The largest absolute Gasteiger partial charge is 0.461 e. The fourth-order valence-electron chi connectivity index (χ4n) is 1.19. The quantitative estimate of drug-likeness (QED) is 0.756. The summed E-state index contributed by atoms with van der Waals surface area (Å²) in [6, 6.07) is 2.03. The molecule has 0 aliphatic carbocycles. The standard InChI is InChI=1S/C12H18N2O/c1-8-6-10(12(2,3)4)15-9(8)7-11(13)14-5/h6-7H,5,13H2,1-4H3/b11-7-. The van der Waals surface area contributed by atoms with Crippen LogP contribution in [-0.2, 0) is 5.41 Å². The van der Waals surface area contributed by atoms with Gasteiger partial charge in [0.1, 0.15) is 17.3 Å². The fourth-order valence-corrected chi connectivity index (χ4v) is 1.19. The van der Waals surface area contributed by atoms with E-state index in [1.807, 2.05) is 13.0 Å². The van der Waals surface area contributed by atoms with Crippen molar-refractivity contribution >= 4 is 12.8 Å². The van der Waals surface area contributed by atoms with Crippen molar-refractivity contribution in [3.05, 3.63) is 29.0 Å². The minimum absolute atomic E-state index is 0.00716. The summed E-state index contributed by atoms with van der Waals surface area (Å²) < 4.78 is 5.71. The molecule has 0 unspecified atom stereocenters. The van der Waals surface area contributed by atoms with E-state index in [2.05, 4.69) is 32.5 Å². The van der Waals surface area contributed by atoms with Gasteiger partial charge in [-0.2, -0.15) is 0 Å². The van der Waals surface area contributed by atoms with Crippen LogP contribution in [0.1, 0.15) is 37.9 Å². The molecule has 3 nitrogen and oxygen atoms in total. The van der Waals surface area contributed by atoms with Crippen LogP contribution in [0, 0.1) is 6.92 Å². The van der Waals surface area contributed by atoms with E-state index >= 15 is 0 Å². The molecule has 0 amide bonds. The Balaban J connectivity index is 3.13. The molecule has 0 saturated carbocycles. The van der Waals surface area contributed by atoms with Gasteiger partial charge in [-0.15, -0.1) is 0 Å². The van der Waals surface area contributed by atoms with Crippen molar-refractivity contribution in [2.24, 2.45) is 10.7 Å². The SMILES string of the molecule is C=N/C(N)=C\c1oc(C(C)(C)C)cc1C. The van der Waals surface area contributed by atoms with Gasteiger partial charge >= 0.3 is 0 Å². The fraction of sp³-hybridized carbons (Fsp3) is 0.417. The van der Waals surface area contributed by atoms with Gasteiger partial charge in [-0.05, 0) is 25.3 Å². The summed E-state index contributed by atoms with van der Waals surface area (Å²) in [5, 5.41) is 0. The van der Waals surface area contributed by atoms with E-state index in [1.54, 1.807) is 6.08 Å². The maximum atomic E-state index is 5.71. The Labute approximate surface area is 90.7 Å². The first-order valence-electron chi connectivity index (χ1n) is 4.89. The molecule has 0 atom stereocenters. The summed E-state index contributed by atoms with van der Waals surface area (Å²) >= 11 is 0. The van der Waals surface area contributed by atoms with Crippen LogP contribution < -0.4 is 5.73 Å². The molecule has 82 valence electrons. The van der Waals surface area contributed by atoms with Crippen LogP contribution in [0.2, 0.25) is 0 Å². The maximum Gasteiger partial charge on any atom is 0.133 e. The number of aliphatic imine (C=N–C) groups is 1. The van der Waals surface area contributed by atoms with Gasteiger partial charge in [0.15, 0.2) is 0 Å². The van der Waals surface area contributed by atoms with Gasteiger partial charge in [0.25, 0.3) is 0 Å². The van der Waals surface area contributed by atoms with E-state index in [9.17, 15) is 0 Å². The third-order valence-corrected chi connectivity index (χ3v) is 2.16. The zero-order valence-electron chi connectivity index (χ0n) is 9.79. The maximum absolute atomic E-state index is 5.71. The summed E-state index contributed by atoms with van der Waals surface area (Å²) in [5.41, 5.74) is 6.63. The van der Waals surface area contributed by atoms with Crippen LogP contribution in [-0.4, -0.2) is 6.72 Å². The molecule has 1 aromatic rings. The summed E-state index contributed by atoms with van der Waals surface area (Å²) in [7, 11) is 0. The molecule has 3 heteroatoms. The second-order valence-corrected chi connectivity index (χ2v) is 4.64. The molecular weight excluding hydrogens is 188 g/mol. The Bertz CT molecular complexity index is 394. The van der Waals surface area contributed by atoms with Gasteiger partial charge in [-0.3, -0.25) is 0 Å². The summed E-state index contributed by atoms with van der Waals surface area (Å²) in [6.07, 6.45) is 1.69. The minimum Gasteiger partial charge on any atom is -0.461 e. The van der Waals surface area contributed by atoms with Crippen molar-refractivity contribution in [3.63, 3.8) is 0 Å². The topological polar surface area (TPSA) is 51.5 Å². The highest BCUT2D eigenvalue weighted by Crippen LogP contribution is 2.27. The molecule has 0 bridgehead atoms. The Kier molecular flexibility index (Phi) is 3.03. The zero-order valence-corrected chi connectivity index (χ0v) is 9.79. The number of hydrogen-bond donors (Lipinski definition) is 1. The van der Waals surface area contributed by atoms with Crippen LogP contribution in [0.3, 0.4) is 0 Å². The Morgan fingerprint density at radius 1 is 1.53 bits per heavy atom. The minimum atomic E-state index is 0.00716. The lowest BCUT2D eigenvalue weighted by atomic mass is 9.93. The van der Waals surface area contributed by atoms with Crippen molar-refractivity contribution in [2.75, 3.05) is 0 Å². The lowest BCUT2D eigenvalue weighted by Gasteiger charge is -2.13. The number of furan rings is 1. The second-order valence-electron chi connectivity index (χ2n) is 4.64. The van der Waals surface area contributed by atoms with Crippen LogP contribution in [0.4, 0.5) is 0 Å². The first kappa shape index (κ1) is 11.6. The molecular formula is C12H18N2O. The molecule has 2 N–H and O–H groups in total. The normalized spacial score (nSPS) is 12.9. The average molecular weight is 206 g/mol. The number of hydrogen-bond acceptors (Lipinski definition) is 3. The molecule has 0 fully saturated rings. The summed E-state index contributed by atoms with van der Waals surface area (Å²) in [6.45, 7) is 11.7. The Morgan fingerprint density at radius 3 is 2.53 bits per heavy atom. The molecule has 0 radical (unpaired) electrons. The van der Waals surface area contributed by atoms with Crippen molar-refractivity contribution in [2.45, 2.75) is 33.1 Å². The van der Waals surface area contributed by atoms with Crippen molar-refractivity contribution in [1.29, 1.82) is 0 Å².